The number of carbonyl (C=O) groups is 2. The Labute approximate surface area is 162 Å². The molecule has 3 rings (SSSR count). The number of hydrogen-bond acceptors (Lipinski definition) is 2. The second-order valence-corrected chi connectivity index (χ2v) is 7.14. The van der Waals surface area contributed by atoms with E-state index in [4.69, 9.17) is 0 Å². The smallest absolute Gasteiger partial charge is 0.351 e. The molecule has 8 heteroatoms. The van der Waals surface area contributed by atoms with Gasteiger partial charge in [-0.2, -0.15) is 13.2 Å². The molecule has 27 heavy (non-hydrogen) atoms. The van der Waals surface area contributed by atoms with Crippen LogP contribution < -0.4 is 10.2 Å². The van der Waals surface area contributed by atoms with Crippen molar-refractivity contribution in [2.24, 2.45) is 5.92 Å². The van der Waals surface area contributed by atoms with Crippen LogP contribution >= 0.6 is 15.9 Å². The van der Waals surface area contributed by atoms with Crippen LogP contribution in [0, 0.1) is 5.92 Å². The third kappa shape index (κ3) is 4.50. The molecule has 1 fully saturated rings. The van der Waals surface area contributed by atoms with Gasteiger partial charge < -0.3 is 10.2 Å². The molecule has 0 saturated carbocycles. The van der Waals surface area contributed by atoms with Crippen molar-refractivity contribution in [3.8, 4) is 0 Å². The monoisotopic (exact) mass is 440 g/mol. The molecule has 2 aromatic rings. The highest BCUT2D eigenvalue weighted by molar-refractivity contribution is 9.10. The molecule has 1 unspecified atom stereocenters. The summed E-state index contributed by atoms with van der Waals surface area (Å²) in [5, 5.41) is 2.57. The summed E-state index contributed by atoms with van der Waals surface area (Å²) in [6, 6.07) is 12.0. The van der Waals surface area contributed by atoms with Gasteiger partial charge in [0.2, 0.25) is 11.8 Å². The predicted octanol–water partition coefficient (Wildman–Crippen LogP) is 4.14. The topological polar surface area (TPSA) is 49.4 Å². The normalized spacial score (nSPS) is 17.3. The highest BCUT2D eigenvalue weighted by Crippen LogP contribution is 2.30. The number of rotatable bonds is 4. The number of halogens is 4. The number of carbonyl (C=O) groups excluding carboxylic acids is 2. The Kier molecular flexibility index (Phi) is 5.55. The number of anilines is 1. The Hall–Kier alpha value is -2.35. The van der Waals surface area contributed by atoms with E-state index < -0.39 is 23.6 Å². The maximum atomic E-state index is 12.8. The largest absolute Gasteiger partial charge is 0.416 e. The average Bonchev–Trinajstić information content (AvgIpc) is 3.01. The number of nitrogens with one attached hydrogen (secondary N) is 1. The van der Waals surface area contributed by atoms with E-state index in [-0.39, 0.29) is 12.5 Å². The van der Waals surface area contributed by atoms with Crippen molar-refractivity contribution in [3.63, 3.8) is 0 Å². The molecule has 1 aliphatic heterocycles. The van der Waals surface area contributed by atoms with E-state index in [1.165, 1.54) is 12.1 Å². The molecular formula is C19H16BrF3N2O2. The molecule has 0 aliphatic carbocycles. The number of hydrogen-bond donors (Lipinski definition) is 1. The van der Waals surface area contributed by atoms with Crippen LogP contribution in [0.2, 0.25) is 0 Å². The van der Waals surface area contributed by atoms with Crippen molar-refractivity contribution in [1.29, 1.82) is 0 Å². The van der Waals surface area contributed by atoms with Gasteiger partial charge in [-0.15, -0.1) is 0 Å². The Morgan fingerprint density at radius 1 is 1.19 bits per heavy atom. The lowest BCUT2D eigenvalue weighted by Gasteiger charge is -2.17. The van der Waals surface area contributed by atoms with Crippen LogP contribution in [0.1, 0.15) is 17.5 Å². The quantitative estimate of drug-likeness (QED) is 0.726. The van der Waals surface area contributed by atoms with Crippen LogP contribution in [0.25, 0.3) is 0 Å². The summed E-state index contributed by atoms with van der Waals surface area (Å²) in [6.07, 6.45) is -4.08. The van der Waals surface area contributed by atoms with Crippen molar-refractivity contribution in [2.45, 2.75) is 19.1 Å². The van der Waals surface area contributed by atoms with Gasteiger partial charge in [0.05, 0.1) is 5.56 Å². The fraction of sp³-hybridized carbons (Fsp3) is 0.263. The first-order valence-corrected chi connectivity index (χ1v) is 9.06. The molecular weight excluding hydrogens is 425 g/mol. The zero-order valence-electron chi connectivity index (χ0n) is 14.1. The van der Waals surface area contributed by atoms with Crippen LogP contribution in [0.4, 0.5) is 18.9 Å². The Morgan fingerprint density at radius 3 is 2.63 bits per heavy atom. The van der Waals surface area contributed by atoms with Gasteiger partial charge in [0.25, 0.3) is 0 Å². The summed E-state index contributed by atoms with van der Waals surface area (Å²) in [5.41, 5.74) is 0.252. The molecule has 1 aliphatic rings. The Bertz CT molecular complexity index is 870. The summed E-state index contributed by atoms with van der Waals surface area (Å²) in [5.74, 6) is -1.63. The van der Waals surface area contributed by atoms with Gasteiger partial charge in [0.1, 0.15) is 5.92 Å². The van der Waals surface area contributed by atoms with E-state index in [1.807, 2.05) is 6.07 Å². The van der Waals surface area contributed by atoms with Crippen LogP contribution in [0.3, 0.4) is 0 Å². The van der Waals surface area contributed by atoms with Gasteiger partial charge in [-0.25, -0.2) is 0 Å². The third-order valence-electron chi connectivity index (χ3n) is 4.36. The van der Waals surface area contributed by atoms with Crippen molar-refractivity contribution < 1.29 is 22.8 Å². The van der Waals surface area contributed by atoms with E-state index in [0.717, 1.165) is 16.6 Å². The third-order valence-corrected chi connectivity index (χ3v) is 4.86. The van der Waals surface area contributed by atoms with Gasteiger partial charge in [-0.1, -0.05) is 34.1 Å². The minimum absolute atomic E-state index is 0.0661. The molecule has 1 N–H and O–H groups in total. The highest BCUT2D eigenvalue weighted by atomic mass is 79.9. The summed E-state index contributed by atoms with van der Waals surface area (Å²) in [6.45, 7) is 0.348. The lowest BCUT2D eigenvalue weighted by atomic mass is 10.1. The summed E-state index contributed by atoms with van der Waals surface area (Å²) in [4.78, 5) is 26.5. The number of alkyl halides is 3. The van der Waals surface area contributed by atoms with E-state index in [1.54, 1.807) is 23.1 Å². The fourth-order valence-electron chi connectivity index (χ4n) is 2.99. The molecule has 1 atom stereocenters. The predicted molar refractivity (Wildman–Crippen MR) is 97.9 cm³/mol. The molecule has 2 amide bonds. The van der Waals surface area contributed by atoms with Crippen molar-refractivity contribution in [2.75, 3.05) is 11.4 Å². The second kappa shape index (κ2) is 7.72. The van der Waals surface area contributed by atoms with Gasteiger partial charge >= 0.3 is 6.18 Å². The first kappa shape index (κ1) is 19.4. The van der Waals surface area contributed by atoms with E-state index in [0.29, 0.717) is 24.2 Å². The number of nitrogens with zero attached hydrogens (tertiary/aromatic N) is 1. The summed E-state index contributed by atoms with van der Waals surface area (Å²) >= 11 is 3.35. The van der Waals surface area contributed by atoms with E-state index in [9.17, 15) is 22.8 Å². The van der Waals surface area contributed by atoms with E-state index >= 15 is 0 Å². The zero-order valence-corrected chi connectivity index (χ0v) is 15.7. The van der Waals surface area contributed by atoms with Crippen LogP contribution in [0.15, 0.2) is 53.0 Å². The van der Waals surface area contributed by atoms with Gasteiger partial charge in [-0.3, -0.25) is 9.59 Å². The first-order valence-electron chi connectivity index (χ1n) is 8.26. The average molecular weight is 441 g/mol. The number of benzene rings is 2. The fourth-order valence-corrected chi connectivity index (χ4v) is 3.38. The maximum Gasteiger partial charge on any atom is 0.416 e. The molecule has 1 saturated heterocycles. The minimum atomic E-state index is -4.44. The van der Waals surface area contributed by atoms with Crippen molar-refractivity contribution >= 4 is 33.4 Å². The zero-order chi connectivity index (χ0) is 19.6. The van der Waals surface area contributed by atoms with Gasteiger partial charge in [-0.05, 0) is 42.3 Å². The Balaban J connectivity index is 1.63. The molecule has 142 valence electrons. The molecule has 4 nitrogen and oxygen atoms in total. The standard InChI is InChI=1S/C19H16BrF3N2O2/c20-14-5-2-6-15(10-14)25-8-7-16(18(25)27)17(26)24-11-12-3-1-4-13(9-12)19(21,22)23/h1-6,9-10,16H,7-8,11H2,(H,24,26). The lowest BCUT2D eigenvalue weighted by Crippen LogP contribution is -2.36. The number of amides is 2. The lowest BCUT2D eigenvalue weighted by molar-refractivity contribution is -0.137. The second-order valence-electron chi connectivity index (χ2n) is 6.23. The van der Waals surface area contributed by atoms with Crippen LogP contribution in [0.5, 0.6) is 0 Å². The highest BCUT2D eigenvalue weighted by Gasteiger charge is 2.37. The molecule has 1 heterocycles. The first-order chi connectivity index (χ1) is 12.8. The van der Waals surface area contributed by atoms with Crippen LogP contribution in [-0.4, -0.2) is 18.4 Å². The van der Waals surface area contributed by atoms with Gasteiger partial charge in [0.15, 0.2) is 0 Å². The van der Waals surface area contributed by atoms with Gasteiger partial charge in [0, 0.05) is 23.2 Å². The maximum absolute atomic E-state index is 12.8. The molecule has 0 aromatic heterocycles. The van der Waals surface area contributed by atoms with Crippen LogP contribution in [-0.2, 0) is 22.3 Å². The molecule has 0 spiro atoms. The van der Waals surface area contributed by atoms with E-state index in [2.05, 4.69) is 21.2 Å². The van der Waals surface area contributed by atoms with Crippen molar-refractivity contribution in [1.82, 2.24) is 5.32 Å². The SMILES string of the molecule is O=C(NCc1cccc(C(F)(F)F)c1)C1CCN(c2cccc(Br)c2)C1=O. The molecule has 0 bridgehead atoms. The summed E-state index contributed by atoms with van der Waals surface area (Å²) in [7, 11) is 0. The Morgan fingerprint density at radius 2 is 1.93 bits per heavy atom. The van der Waals surface area contributed by atoms with Crippen molar-refractivity contribution in [3.05, 3.63) is 64.1 Å². The molecule has 0 radical (unpaired) electrons. The minimum Gasteiger partial charge on any atom is -0.351 e. The molecule has 2 aromatic carbocycles. The summed E-state index contributed by atoms with van der Waals surface area (Å²) < 4.78 is 39.1.